The van der Waals surface area contributed by atoms with Gasteiger partial charge in [-0.15, -0.1) is 0 Å². The third-order valence-electron chi connectivity index (χ3n) is 3.54. The summed E-state index contributed by atoms with van der Waals surface area (Å²) in [7, 11) is 0. The standard InChI is InChI=1S/C17H14N4O3S/c1-11-6-7-12(8-15(11)21(23)24)20-16(22)9-25-17-13-4-2-3-5-14(13)18-10-19-17/h2-8,10H,9H2,1H3,(H,20,22). The van der Waals surface area contributed by atoms with E-state index in [2.05, 4.69) is 15.3 Å². The first-order valence-corrected chi connectivity index (χ1v) is 8.40. The van der Waals surface area contributed by atoms with Crippen LogP contribution >= 0.6 is 11.8 Å². The van der Waals surface area contributed by atoms with Crippen LogP contribution < -0.4 is 5.32 Å². The number of para-hydroxylation sites is 1. The minimum atomic E-state index is -0.466. The van der Waals surface area contributed by atoms with Crippen LogP contribution in [0.5, 0.6) is 0 Å². The zero-order valence-corrected chi connectivity index (χ0v) is 14.1. The molecule has 3 aromatic rings. The van der Waals surface area contributed by atoms with Crippen LogP contribution in [-0.4, -0.2) is 26.6 Å². The van der Waals surface area contributed by atoms with Gasteiger partial charge in [0.25, 0.3) is 5.69 Å². The molecule has 0 atom stereocenters. The van der Waals surface area contributed by atoms with Gasteiger partial charge in [-0.1, -0.05) is 36.0 Å². The summed E-state index contributed by atoms with van der Waals surface area (Å²) < 4.78 is 0. The number of rotatable bonds is 5. The molecule has 0 fully saturated rings. The number of hydrogen-bond donors (Lipinski definition) is 1. The molecule has 2 aromatic carbocycles. The predicted octanol–water partition coefficient (Wildman–Crippen LogP) is 3.58. The molecule has 1 N–H and O–H groups in total. The minimum absolute atomic E-state index is 0.0211. The Hall–Kier alpha value is -3.00. The molecule has 126 valence electrons. The highest BCUT2D eigenvalue weighted by Gasteiger charge is 2.13. The van der Waals surface area contributed by atoms with Crippen LogP contribution in [-0.2, 0) is 4.79 Å². The van der Waals surface area contributed by atoms with E-state index >= 15 is 0 Å². The van der Waals surface area contributed by atoms with Gasteiger partial charge in [-0.05, 0) is 19.1 Å². The third-order valence-corrected chi connectivity index (χ3v) is 4.54. The van der Waals surface area contributed by atoms with Crippen molar-refractivity contribution >= 4 is 39.9 Å². The Morgan fingerprint density at radius 3 is 2.84 bits per heavy atom. The van der Waals surface area contributed by atoms with Gasteiger partial charge in [0.05, 0.1) is 16.2 Å². The maximum atomic E-state index is 12.1. The fraction of sp³-hybridized carbons (Fsp3) is 0.118. The summed E-state index contributed by atoms with van der Waals surface area (Å²) in [6, 6.07) is 12.2. The Morgan fingerprint density at radius 2 is 2.04 bits per heavy atom. The number of carbonyl (C=O) groups is 1. The molecular weight excluding hydrogens is 340 g/mol. The zero-order chi connectivity index (χ0) is 17.8. The summed E-state index contributed by atoms with van der Waals surface area (Å²) in [6.45, 7) is 1.65. The lowest BCUT2D eigenvalue weighted by Gasteiger charge is -2.07. The summed E-state index contributed by atoms with van der Waals surface area (Å²) in [5.41, 5.74) is 1.74. The predicted molar refractivity (Wildman–Crippen MR) is 96.7 cm³/mol. The van der Waals surface area contributed by atoms with E-state index in [1.54, 1.807) is 19.1 Å². The second kappa shape index (κ2) is 7.27. The van der Waals surface area contributed by atoms with Gasteiger partial charge in [0.1, 0.15) is 11.4 Å². The molecule has 0 aliphatic rings. The lowest BCUT2D eigenvalue weighted by atomic mass is 10.2. The number of carbonyl (C=O) groups excluding carboxylic acids is 1. The maximum absolute atomic E-state index is 12.1. The molecule has 1 heterocycles. The summed E-state index contributed by atoms with van der Waals surface area (Å²) in [5.74, 6) is -0.117. The molecule has 25 heavy (non-hydrogen) atoms. The van der Waals surface area contributed by atoms with E-state index in [9.17, 15) is 14.9 Å². The molecule has 0 bridgehead atoms. The quantitative estimate of drug-likeness (QED) is 0.325. The summed E-state index contributed by atoms with van der Waals surface area (Å²) >= 11 is 1.29. The lowest BCUT2D eigenvalue weighted by Crippen LogP contribution is -2.14. The van der Waals surface area contributed by atoms with Crippen molar-refractivity contribution in [3.8, 4) is 0 Å². The third kappa shape index (κ3) is 3.92. The van der Waals surface area contributed by atoms with Crippen LogP contribution in [0.3, 0.4) is 0 Å². The second-order valence-electron chi connectivity index (χ2n) is 5.29. The molecule has 0 aliphatic heterocycles. The first kappa shape index (κ1) is 16.8. The van der Waals surface area contributed by atoms with Gasteiger partial charge in [-0.3, -0.25) is 14.9 Å². The number of aryl methyl sites for hydroxylation is 1. The number of nitrogens with zero attached hydrogens (tertiary/aromatic N) is 3. The molecule has 1 aromatic heterocycles. The highest BCUT2D eigenvalue weighted by molar-refractivity contribution is 8.00. The van der Waals surface area contributed by atoms with E-state index in [0.717, 1.165) is 15.9 Å². The number of hydrogen-bond acceptors (Lipinski definition) is 6. The molecule has 8 heteroatoms. The number of fused-ring (bicyclic) bond motifs is 1. The number of aromatic nitrogens is 2. The molecular formula is C17H14N4O3S. The van der Waals surface area contributed by atoms with Gasteiger partial charge in [-0.25, -0.2) is 9.97 Å². The maximum Gasteiger partial charge on any atom is 0.274 e. The van der Waals surface area contributed by atoms with Crippen molar-refractivity contribution in [3.05, 3.63) is 64.5 Å². The Bertz CT molecular complexity index is 956. The largest absolute Gasteiger partial charge is 0.325 e. The van der Waals surface area contributed by atoms with Crippen molar-refractivity contribution in [1.29, 1.82) is 0 Å². The van der Waals surface area contributed by atoms with Gasteiger partial charge in [0.2, 0.25) is 5.91 Å². The molecule has 0 spiro atoms. The number of nitro benzene ring substituents is 1. The van der Waals surface area contributed by atoms with Crippen molar-refractivity contribution < 1.29 is 9.72 Å². The summed E-state index contributed by atoms with van der Waals surface area (Å²) in [6.07, 6.45) is 1.46. The highest BCUT2D eigenvalue weighted by atomic mass is 32.2. The number of nitrogens with one attached hydrogen (secondary N) is 1. The van der Waals surface area contributed by atoms with Crippen LogP contribution in [0.4, 0.5) is 11.4 Å². The van der Waals surface area contributed by atoms with Crippen LogP contribution in [0.2, 0.25) is 0 Å². The van der Waals surface area contributed by atoms with E-state index in [4.69, 9.17) is 0 Å². The first-order chi connectivity index (χ1) is 12.0. The number of anilines is 1. The fourth-order valence-corrected chi connectivity index (χ4v) is 3.10. The lowest BCUT2D eigenvalue weighted by molar-refractivity contribution is -0.385. The summed E-state index contributed by atoms with van der Waals surface area (Å²) in [4.78, 5) is 31.0. The monoisotopic (exact) mass is 354 g/mol. The fourth-order valence-electron chi connectivity index (χ4n) is 2.31. The van der Waals surface area contributed by atoms with Crippen LogP contribution in [0, 0.1) is 17.0 Å². The van der Waals surface area contributed by atoms with E-state index in [0.29, 0.717) is 11.3 Å². The van der Waals surface area contributed by atoms with Gasteiger partial charge in [0.15, 0.2) is 0 Å². The van der Waals surface area contributed by atoms with Gasteiger partial charge < -0.3 is 5.32 Å². The molecule has 0 radical (unpaired) electrons. The van der Waals surface area contributed by atoms with Gasteiger partial charge >= 0.3 is 0 Å². The zero-order valence-electron chi connectivity index (χ0n) is 13.3. The number of amides is 1. The van der Waals surface area contributed by atoms with Crippen molar-refractivity contribution in [2.75, 3.05) is 11.1 Å². The van der Waals surface area contributed by atoms with E-state index in [1.165, 1.54) is 24.2 Å². The Morgan fingerprint density at radius 1 is 1.24 bits per heavy atom. The average molecular weight is 354 g/mol. The van der Waals surface area contributed by atoms with Crippen molar-refractivity contribution in [1.82, 2.24) is 9.97 Å². The number of thioether (sulfide) groups is 1. The summed E-state index contributed by atoms with van der Waals surface area (Å²) in [5, 5.41) is 15.2. The van der Waals surface area contributed by atoms with Crippen molar-refractivity contribution in [2.24, 2.45) is 0 Å². The normalized spacial score (nSPS) is 10.6. The molecule has 0 aliphatic carbocycles. The molecule has 7 nitrogen and oxygen atoms in total. The molecule has 1 amide bonds. The van der Waals surface area contributed by atoms with Crippen LogP contribution in [0.25, 0.3) is 10.9 Å². The van der Waals surface area contributed by atoms with Crippen LogP contribution in [0.1, 0.15) is 5.56 Å². The van der Waals surface area contributed by atoms with Crippen LogP contribution in [0.15, 0.2) is 53.8 Å². The Balaban J connectivity index is 1.69. The first-order valence-electron chi connectivity index (χ1n) is 7.42. The second-order valence-corrected chi connectivity index (χ2v) is 6.26. The van der Waals surface area contributed by atoms with Gasteiger partial charge in [-0.2, -0.15) is 0 Å². The Labute approximate surface area is 147 Å². The van der Waals surface area contributed by atoms with Crippen molar-refractivity contribution in [3.63, 3.8) is 0 Å². The Kier molecular flexibility index (Phi) is 4.90. The van der Waals surface area contributed by atoms with Gasteiger partial charge in [0, 0.05) is 22.7 Å². The van der Waals surface area contributed by atoms with Crippen molar-refractivity contribution in [2.45, 2.75) is 11.9 Å². The number of nitro groups is 1. The smallest absolute Gasteiger partial charge is 0.274 e. The number of benzene rings is 2. The molecule has 0 saturated heterocycles. The SMILES string of the molecule is Cc1ccc(NC(=O)CSc2ncnc3ccccc23)cc1[N+](=O)[O-]. The molecule has 0 saturated carbocycles. The minimum Gasteiger partial charge on any atom is -0.325 e. The topological polar surface area (TPSA) is 98.0 Å². The average Bonchev–Trinajstić information content (AvgIpc) is 2.61. The molecule has 3 rings (SSSR count). The van der Waals surface area contributed by atoms with E-state index < -0.39 is 4.92 Å². The van der Waals surface area contributed by atoms with E-state index in [1.807, 2.05) is 24.3 Å². The van der Waals surface area contributed by atoms with E-state index in [-0.39, 0.29) is 17.3 Å². The highest BCUT2D eigenvalue weighted by Crippen LogP contribution is 2.25. The molecule has 0 unspecified atom stereocenters.